The van der Waals surface area contributed by atoms with E-state index >= 15 is 0 Å². The average molecular weight is 277 g/mol. The van der Waals surface area contributed by atoms with E-state index in [0.29, 0.717) is 10.6 Å². The molecule has 1 amide bonds. The summed E-state index contributed by atoms with van der Waals surface area (Å²) in [5, 5.41) is 7.11. The number of nitrogens with zero attached hydrogens (tertiary/aromatic N) is 3. The molecule has 0 spiro atoms. The topological polar surface area (TPSA) is 83.6 Å². The molecule has 18 heavy (non-hydrogen) atoms. The summed E-state index contributed by atoms with van der Waals surface area (Å²) in [6.07, 6.45) is -4.63. The molecule has 2 aromatic heterocycles. The fourth-order valence-electron chi connectivity index (χ4n) is 1.12. The van der Waals surface area contributed by atoms with Crippen LogP contribution in [0.1, 0.15) is 21.2 Å². The van der Waals surface area contributed by atoms with Gasteiger partial charge in [0.15, 0.2) is 0 Å². The highest BCUT2D eigenvalue weighted by molar-refractivity contribution is 7.12. The number of hydrogen-bond acceptors (Lipinski definition) is 5. The van der Waals surface area contributed by atoms with Gasteiger partial charge in [-0.25, -0.2) is 4.98 Å². The number of aryl methyl sites for hydroxylation is 1. The van der Waals surface area contributed by atoms with Gasteiger partial charge in [-0.15, -0.1) is 16.4 Å². The fraction of sp³-hybridized carbons (Fsp3) is 0.250. The number of aromatic amines is 1. The minimum atomic E-state index is -4.63. The minimum Gasteiger partial charge on any atom is -0.288 e. The quantitative estimate of drug-likeness (QED) is 0.877. The third-order valence-corrected chi connectivity index (χ3v) is 2.86. The Balaban J connectivity index is 2.13. The Morgan fingerprint density at radius 2 is 2.22 bits per heavy atom. The van der Waals surface area contributed by atoms with Crippen molar-refractivity contribution in [3.63, 3.8) is 0 Å². The molecule has 0 aromatic carbocycles. The van der Waals surface area contributed by atoms with E-state index in [4.69, 9.17) is 0 Å². The van der Waals surface area contributed by atoms with Gasteiger partial charge in [-0.2, -0.15) is 18.2 Å². The molecule has 6 nitrogen and oxygen atoms in total. The van der Waals surface area contributed by atoms with Crippen molar-refractivity contribution in [1.29, 1.82) is 0 Å². The number of H-pyrrole nitrogens is 1. The predicted octanol–water partition coefficient (Wildman–Crippen LogP) is 1.84. The van der Waals surface area contributed by atoms with Crippen LogP contribution in [0.15, 0.2) is 5.51 Å². The summed E-state index contributed by atoms with van der Waals surface area (Å²) < 4.78 is 36.7. The van der Waals surface area contributed by atoms with Gasteiger partial charge in [0.05, 0.1) is 11.2 Å². The lowest BCUT2D eigenvalue weighted by molar-refractivity contribution is -0.144. The number of nitrogens with one attached hydrogen (secondary N) is 2. The standard InChI is InChI=1S/C8H6F3N5OS/c1-3-4(18-2-12-3)5(17)13-7-14-6(15-16-7)8(9,10)11/h2H,1H3,(H2,13,14,15,16,17). The molecular formula is C8H6F3N5OS. The van der Waals surface area contributed by atoms with E-state index in [1.54, 1.807) is 12.0 Å². The second kappa shape index (κ2) is 4.37. The number of carbonyl (C=O) groups excluding carboxylic acids is 1. The molecule has 96 valence electrons. The van der Waals surface area contributed by atoms with E-state index in [-0.39, 0.29) is 0 Å². The molecular weight excluding hydrogens is 271 g/mol. The zero-order valence-corrected chi connectivity index (χ0v) is 9.69. The molecule has 2 aromatic rings. The number of hydrogen-bond donors (Lipinski definition) is 2. The number of amides is 1. The molecule has 0 aliphatic heterocycles. The monoisotopic (exact) mass is 277 g/mol. The van der Waals surface area contributed by atoms with E-state index in [9.17, 15) is 18.0 Å². The first-order valence-electron chi connectivity index (χ1n) is 4.59. The predicted molar refractivity (Wildman–Crippen MR) is 56.2 cm³/mol. The van der Waals surface area contributed by atoms with Crippen LogP contribution in [-0.2, 0) is 6.18 Å². The molecule has 10 heteroatoms. The SMILES string of the molecule is Cc1ncsc1C(=O)Nc1n[nH]c(C(F)(F)F)n1. The van der Waals surface area contributed by atoms with Crippen molar-refractivity contribution in [2.75, 3.05) is 5.32 Å². The number of carbonyl (C=O) groups is 1. The summed E-state index contributed by atoms with van der Waals surface area (Å²) >= 11 is 1.08. The van der Waals surface area contributed by atoms with Crippen molar-refractivity contribution < 1.29 is 18.0 Å². The Kier molecular flexibility index (Phi) is 3.03. The molecule has 0 atom stereocenters. The summed E-state index contributed by atoms with van der Waals surface area (Å²) in [5.74, 6) is -2.29. The highest BCUT2D eigenvalue weighted by Gasteiger charge is 2.35. The van der Waals surface area contributed by atoms with Crippen LogP contribution in [0.25, 0.3) is 0 Å². The summed E-state index contributed by atoms with van der Waals surface area (Å²) in [6, 6.07) is 0. The zero-order chi connectivity index (χ0) is 13.3. The van der Waals surface area contributed by atoms with Crippen LogP contribution in [0.3, 0.4) is 0 Å². The van der Waals surface area contributed by atoms with Crippen LogP contribution in [0.2, 0.25) is 0 Å². The number of anilines is 1. The van der Waals surface area contributed by atoms with Crippen molar-refractivity contribution in [1.82, 2.24) is 20.2 Å². The molecule has 2 rings (SSSR count). The van der Waals surface area contributed by atoms with Gasteiger partial charge in [0.2, 0.25) is 11.8 Å². The Bertz CT molecular complexity index is 575. The van der Waals surface area contributed by atoms with Gasteiger partial charge in [0, 0.05) is 0 Å². The summed E-state index contributed by atoms with van der Waals surface area (Å²) in [4.78, 5) is 18.9. The van der Waals surface area contributed by atoms with Crippen molar-refractivity contribution in [3.8, 4) is 0 Å². The minimum absolute atomic E-state index is 0.299. The first kappa shape index (κ1) is 12.5. The second-order valence-corrected chi connectivity index (χ2v) is 4.08. The fourth-order valence-corrected chi connectivity index (χ4v) is 1.82. The third-order valence-electron chi connectivity index (χ3n) is 1.93. The van der Waals surface area contributed by atoms with E-state index in [1.807, 2.05) is 0 Å². The maximum atomic E-state index is 12.2. The molecule has 0 bridgehead atoms. The molecule has 2 heterocycles. The number of halogens is 3. The number of alkyl halides is 3. The van der Waals surface area contributed by atoms with Crippen molar-refractivity contribution >= 4 is 23.2 Å². The summed E-state index contributed by atoms with van der Waals surface area (Å²) in [7, 11) is 0. The van der Waals surface area contributed by atoms with Crippen LogP contribution < -0.4 is 5.32 Å². The molecule has 0 radical (unpaired) electrons. The summed E-state index contributed by atoms with van der Waals surface area (Å²) in [6.45, 7) is 1.62. The van der Waals surface area contributed by atoms with Crippen LogP contribution in [-0.4, -0.2) is 26.1 Å². The molecule has 0 saturated carbocycles. The van der Waals surface area contributed by atoms with Gasteiger partial charge >= 0.3 is 6.18 Å². The van der Waals surface area contributed by atoms with E-state index in [1.165, 1.54) is 5.51 Å². The lowest BCUT2D eigenvalue weighted by Gasteiger charge is -1.99. The second-order valence-electron chi connectivity index (χ2n) is 3.23. The van der Waals surface area contributed by atoms with Gasteiger partial charge in [0.25, 0.3) is 5.91 Å². The summed E-state index contributed by atoms with van der Waals surface area (Å²) in [5.41, 5.74) is 1.95. The molecule has 0 aliphatic carbocycles. The lowest BCUT2D eigenvalue weighted by Crippen LogP contribution is -2.13. The molecule has 0 aliphatic rings. The highest BCUT2D eigenvalue weighted by Crippen LogP contribution is 2.26. The van der Waals surface area contributed by atoms with Crippen LogP contribution in [0.4, 0.5) is 19.1 Å². The number of rotatable bonds is 2. The Morgan fingerprint density at radius 1 is 1.50 bits per heavy atom. The number of aromatic nitrogens is 4. The van der Waals surface area contributed by atoms with Crippen LogP contribution in [0.5, 0.6) is 0 Å². The molecule has 0 unspecified atom stereocenters. The largest absolute Gasteiger partial charge is 0.451 e. The third kappa shape index (κ3) is 2.47. The number of thiazole rings is 1. The highest BCUT2D eigenvalue weighted by atomic mass is 32.1. The van der Waals surface area contributed by atoms with Gasteiger partial charge < -0.3 is 0 Å². The van der Waals surface area contributed by atoms with Gasteiger partial charge in [-0.1, -0.05) is 0 Å². The normalized spacial score (nSPS) is 11.6. The van der Waals surface area contributed by atoms with Crippen molar-refractivity contribution in [2.45, 2.75) is 13.1 Å². The zero-order valence-electron chi connectivity index (χ0n) is 8.87. The van der Waals surface area contributed by atoms with Crippen molar-refractivity contribution in [3.05, 3.63) is 21.9 Å². The Morgan fingerprint density at radius 3 is 2.72 bits per heavy atom. The first-order valence-corrected chi connectivity index (χ1v) is 5.47. The van der Waals surface area contributed by atoms with Gasteiger partial charge in [0.1, 0.15) is 4.88 Å². The van der Waals surface area contributed by atoms with E-state index in [0.717, 1.165) is 11.3 Å². The van der Waals surface area contributed by atoms with Crippen LogP contribution >= 0.6 is 11.3 Å². The smallest absolute Gasteiger partial charge is 0.288 e. The molecule has 0 fully saturated rings. The maximum Gasteiger partial charge on any atom is 0.451 e. The van der Waals surface area contributed by atoms with E-state index in [2.05, 4.69) is 20.4 Å². The van der Waals surface area contributed by atoms with Crippen LogP contribution in [0, 0.1) is 6.92 Å². The Labute approximate surface area is 102 Å². The van der Waals surface area contributed by atoms with Gasteiger partial charge in [-0.05, 0) is 6.92 Å². The average Bonchev–Trinajstić information content (AvgIpc) is 2.85. The Hall–Kier alpha value is -1.97. The molecule has 2 N–H and O–H groups in total. The molecule has 0 saturated heterocycles. The van der Waals surface area contributed by atoms with Crippen molar-refractivity contribution in [2.24, 2.45) is 0 Å². The van der Waals surface area contributed by atoms with E-state index < -0.39 is 23.9 Å². The maximum absolute atomic E-state index is 12.2. The van der Waals surface area contributed by atoms with Gasteiger partial charge in [-0.3, -0.25) is 15.2 Å². The first-order chi connectivity index (χ1) is 8.38. The lowest BCUT2D eigenvalue weighted by atomic mass is 10.4.